The molecular formula is C29H29N3O6S. The van der Waals surface area contributed by atoms with Gasteiger partial charge in [-0.1, -0.05) is 36.4 Å². The number of nitrogens with one attached hydrogen (secondary N) is 2. The summed E-state index contributed by atoms with van der Waals surface area (Å²) in [7, 11) is -2.35. The van der Waals surface area contributed by atoms with Gasteiger partial charge in [-0.05, 0) is 48.1 Å². The number of benzene rings is 2. The molecule has 4 aromatic rings. The van der Waals surface area contributed by atoms with E-state index < -0.39 is 33.5 Å². The van der Waals surface area contributed by atoms with Crippen molar-refractivity contribution in [3.05, 3.63) is 72.6 Å². The molecule has 10 heteroatoms. The number of para-hydroxylation sites is 1. The summed E-state index contributed by atoms with van der Waals surface area (Å²) in [6, 6.07) is 15.2. The van der Waals surface area contributed by atoms with E-state index in [1.807, 2.05) is 30.3 Å². The highest BCUT2D eigenvalue weighted by molar-refractivity contribution is 7.91. The number of ether oxygens (including phenoxy) is 1. The van der Waals surface area contributed by atoms with E-state index in [1.165, 1.54) is 0 Å². The molecule has 0 bridgehead atoms. The van der Waals surface area contributed by atoms with Crippen LogP contribution in [-0.2, 0) is 30.6 Å². The first-order valence-corrected chi connectivity index (χ1v) is 14.5. The molecule has 3 N–H and O–H groups in total. The molecule has 9 nitrogen and oxygen atoms in total. The van der Waals surface area contributed by atoms with Crippen LogP contribution in [0, 0.1) is 5.92 Å². The minimum Gasteiger partial charge on any atom is -0.507 e. The first-order chi connectivity index (χ1) is 18.7. The number of hydrogen-bond acceptors (Lipinski definition) is 7. The van der Waals surface area contributed by atoms with Gasteiger partial charge in [-0.25, -0.2) is 13.2 Å². The smallest absolute Gasteiger partial charge is 0.329 e. The number of rotatable bonds is 10. The monoisotopic (exact) mass is 547 g/mol. The van der Waals surface area contributed by atoms with Gasteiger partial charge < -0.3 is 20.1 Å². The van der Waals surface area contributed by atoms with Crippen LogP contribution in [0.4, 0.5) is 0 Å². The van der Waals surface area contributed by atoms with Gasteiger partial charge in [-0.3, -0.25) is 9.78 Å². The van der Waals surface area contributed by atoms with Gasteiger partial charge in [0.1, 0.15) is 11.8 Å². The Balaban J connectivity index is 1.28. The zero-order valence-electron chi connectivity index (χ0n) is 21.4. The number of amides is 1. The molecule has 5 rings (SSSR count). The van der Waals surface area contributed by atoms with Gasteiger partial charge >= 0.3 is 5.97 Å². The Bertz CT molecular complexity index is 1590. The molecule has 2 aromatic carbocycles. The first kappa shape index (κ1) is 26.4. The second-order valence-corrected chi connectivity index (χ2v) is 12.0. The number of esters is 1. The van der Waals surface area contributed by atoms with Gasteiger partial charge in [0.15, 0.2) is 9.84 Å². The number of aromatic hydroxyl groups is 1. The molecule has 2 heterocycles. The number of fused-ring (bicyclic) bond motifs is 1. The van der Waals surface area contributed by atoms with Crippen molar-refractivity contribution in [2.24, 2.45) is 5.92 Å². The van der Waals surface area contributed by atoms with Crippen LogP contribution in [0.3, 0.4) is 0 Å². The summed E-state index contributed by atoms with van der Waals surface area (Å²) in [6.45, 7) is 0. The Kier molecular flexibility index (Phi) is 7.38. The summed E-state index contributed by atoms with van der Waals surface area (Å²) < 4.78 is 29.6. The Morgan fingerprint density at radius 1 is 1.13 bits per heavy atom. The Morgan fingerprint density at radius 2 is 1.87 bits per heavy atom. The van der Waals surface area contributed by atoms with Crippen LogP contribution in [0.15, 0.2) is 67.0 Å². The molecule has 0 radical (unpaired) electrons. The van der Waals surface area contributed by atoms with E-state index in [4.69, 9.17) is 4.74 Å². The minimum absolute atomic E-state index is 0.0172. The number of pyridine rings is 1. The molecular weight excluding hydrogens is 518 g/mol. The molecule has 1 aliphatic rings. The van der Waals surface area contributed by atoms with Gasteiger partial charge in [-0.15, -0.1) is 0 Å². The first-order valence-electron chi connectivity index (χ1n) is 12.6. The van der Waals surface area contributed by atoms with E-state index >= 15 is 0 Å². The molecule has 202 valence electrons. The summed E-state index contributed by atoms with van der Waals surface area (Å²) in [5.41, 5.74) is 4.35. The fourth-order valence-electron chi connectivity index (χ4n) is 4.62. The van der Waals surface area contributed by atoms with E-state index in [1.54, 1.807) is 36.7 Å². The third-order valence-corrected chi connectivity index (χ3v) is 8.63. The average Bonchev–Trinajstić information content (AvgIpc) is 3.61. The fourth-order valence-corrected chi connectivity index (χ4v) is 6.54. The average molecular weight is 548 g/mol. The summed E-state index contributed by atoms with van der Waals surface area (Å²) >= 11 is 0. The molecule has 0 spiro atoms. The number of carbonyl (C=O) groups is 2. The lowest BCUT2D eigenvalue weighted by molar-refractivity contribution is -0.144. The highest BCUT2D eigenvalue weighted by Crippen LogP contribution is 2.38. The van der Waals surface area contributed by atoms with Gasteiger partial charge in [-0.2, -0.15) is 0 Å². The molecule has 1 unspecified atom stereocenters. The Morgan fingerprint density at radius 3 is 2.56 bits per heavy atom. The van der Waals surface area contributed by atoms with Crippen molar-refractivity contribution in [2.75, 3.05) is 18.6 Å². The van der Waals surface area contributed by atoms with Gasteiger partial charge in [0.05, 0.1) is 42.4 Å². The van der Waals surface area contributed by atoms with Gasteiger partial charge in [0.2, 0.25) is 5.91 Å². The van der Waals surface area contributed by atoms with Crippen LogP contribution in [0.5, 0.6) is 5.75 Å². The molecule has 1 amide bonds. The number of hydrogen-bond donors (Lipinski definition) is 3. The summed E-state index contributed by atoms with van der Waals surface area (Å²) in [6.07, 6.45) is 5.13. The lowest BCUT2D eigenvalue weighted by Crippen LogP contribution is -2.47. The maximum atomic E-state index is 12.7. The summed E-state index contributed by atoms with van der Waals surface area (Å²) in [5, 5.41) is 14.6. The summed E-state index contributed by atoms with van der Waals surface area (Å²) in [4.78, 5) is 32.2. The van der Waals surface area contributed by atoms with Crippen molar-refractivity contribution >= 4 is 32.6 Å². The SMILES string of the molecule is COC(=O)C(CS(=O)(=O)CC1CC1)NC(=O)Cc1ccc(-c2cccc(-c3cc4ccncc4[nH]3)c2O)cc1. The number of sulfone groups is 1. The Labute approximate surface area is 226 Å². The third-order valence-electron chi connectivity index (χ3n) is 6.81. The van der Waals surface area contributed by atoms with Crippen molar-refractivity contribution in [3.8, 4) is 28.1 Å². The van der Waals surface area contributed by atoms with Crippen molar-refractivity contribution in [2.45, 2.75) is 25.3 Å². The van der Waals surface area contributed by atoms with Crippen LogP contribution in [-0.4, -0.2) is 60.0 Å². The normalized spacial score (nSPS) is 14.2. The minimum atomic E-state index is -3.51. The number of aromatic nitrogens is 2. The zero-order valence-corrected chi connectivity index (χ0v) is 22.2. The van der Waals surface area contributed by atoms with Gasteiger partial charge in [0.25, 0.3) is 0 Å². The summed E-state index contributed by atoms with van der Waals surface area (Å²) in [5.74, 6) is -1.48. The highest BCUT2D eigenvalue weighted by atomic mass is 32.2. The lowest BCUT2D eigenvalue weighted by Gasteiger charge is -2.17. The molecule has 1 fully saturated rings. The van der Waals surface area contributed by atoms with Crippen molar-refractivity contribution in [1.82, 2.24) is 15.3 Å². The molecule has 39 heavy (non-hydrogen) atoms. The van der Waals surface area contributed by atoms with E-state index in [0.717, 1.165) is 42.1 Å². The molecule has 1 aliphatic carbocycles. The van der Waals surface area contributed by atoms with Crippen molar-refractivity contribution in [3.63, 3.8) is 0 Å². The molecule has 0 saturated heterocycles. The molecule has 1 atom stereocenters. The second-order valence-electron chi connectivity index (χ2n) is 9.88. The highest BCUT2D eigenvalue weighted by Gasteiger charge is 2.33. The topological polar surface area (TPSA) is 138 Å². The molecule has 1 saturated carbocycles. The zero-order chi connectivity index (χ0) is 27.6. The fraction of sp³-hybridized carbons (Fsp3) is 0.276. The molecule has 0 aliphatic heterocycles. The van der Waals surface area contributed by atoms with Crippen LogP contribution < -0.4 is 5.32 Å². The predicted molar refractivity (Wildman–Crippen MR) is 148 cm³/mol. The molecule has 2 aromatic heterocycles. The Hall–Kier alpha value is -4.18. The van der Waals surface area contributed by atoms with Crippen molar-refractivity contribution < 1.29 is 27.9 Å². The van der Waals surface area contributed by atoms with Crippen LogP contribution >= 0.6 is 0 Å². The van der Waals surface area contributed by atoms with Crippen LogP contribution in [0.2, 0.25) is 0 Å². The van der Waals surface area contributed by atoms with E-state index in [0.29, 0.717) is 16.7 Å². The largest absolute Gasteiger partial charge is 0.507 e. The lowest BCUT2D eigenvalue weighted by atomic mass is 9.98. The maximum absolute atomic E-state index is 12.7. The van der Waals surface area contributed by atoms with Crippen molar-refractivity contribution in [1.29, 1.82) is 0 Å². The second kappa shape index (κ2) is 10.9. The van der Waals surface area contributed by atoms with Crippen LogP contribution in [0.1, 0.15) is 18.4 Å². The van der Waals surface area contributed by atoms with E-state index in [2.05, 4.69) is 15.3 Å². The predicted octanol–water partition coefficient (Wildman–Crippen LogP) is 3.63. The number of H-pyrrole nitrogens is 1. The standard InChI is InChI=1S/C29H29N3O6S/c1-38-29(35)26(17-39(36,37)16-19-5-6-19)32-27(33)13-18-7-9-20(10-8-18)22-3-2-4-23(28(22)34)24-14-21-11-12-30-15-25(21)31-24/h2-4,7-12,14-15,19,26,31,34H,5-6,13,16-17H2,1H3,(H,32,33). The van der Waals surface area contributed by atoms with Crippen LogP contribution in [0.25, 0.3) is 33.3 Å². The number of aromatic amines is 1. The van der Waals surface area contributed by atoms with E-state index in [9.17, 15) is 23.1 Å². The third kappa shape index (κ3) is 6.28. The quantitative estimate of drug-likeness (QED) is 0.258. The number of phenolic OH excluding ortho intramolecular Hbond substituents is 1. The number of methoxy groups -OCH3 is 1. The number of nitrogens with zero attached hydrogens (tertiary/aromatic N) is 1. The van der Waals surface area contributed by atoms with Gasteiger partial charge in [0, 0.05) is 22.7 Å². The van der Waals surface area contributed by atoms with E-state index in [-0.39, 0.29) is 23.8 Å². The number of phenols is 1. The maximum Gasteiger partial charge on any atom is 0.329 e. The number of carbonyl (C=O) groups excluding carboxylic acids is 2.